The summed E-state index contributed by atoms with van der Waals surface area (Å²) in [5.41, 5.74) is 3.41. The van der Waals surface area contributed by atoms with Crippen LogP contribution in [0.3, 0.4) is 0 Å². The number of thioether (sulfide) groups is 1. The number of urea groups is 1. The quantitative estimate of drug-likeness (QED) is 0.160. The number of aliphatic hydroxyl groups is 1. The first-order valence-corrected chi connectivity index (χ1v) is 16.4. The molecule has 43 heavy (non-hydrogen) atoms. The SMILES string of the molecule is O=C(Nc1ccc([C@H]2O[C@@H](CSc3cccc[n+]3[O-])C[C@@H](c3ccc(CO)cc3)O2)cc1)NC12CC3CC(CC(C3)C1)C2. The normalized spacial score (nSPS) is 31.1. The summed E-state index contributed by atoms with van der Waals surface area (Å²) in [5.74, 6) is 2.91. The molecule has 1 aromatic heterocycles. The molecule has 3 atom stereocenters. The van der Waals surface area contributed by atoms with Crippen molar-refractivity contribution in [1.82, 2.24) is 5.32 Å². The Labute approximate surface area is 256 Å². The number of benzene rings is 2. The van der Waals surface area contributed by atoms with E-state index in [-0.39, 0.29) is 30.4 Å². The number of hydrogen-bond acceptors (Lipinski definition) is 6. The van der Waals surface area contributed by atoms with E-state index < -0.39 is 6.29 Å². The number of nitrogens with one attached hydrogen (secondary N) is 2. The number of hydrogen-bond donors (Lipinski definition) is 3. The van der Waals surface area contributed by atoms with Crippen LogP contribution in [0.15, 0.2) is 78.0 Å². The van der Waals surface area contributed by atoms with Gasteiger partial charge in [-0.15, -0.1) is 0 Å². The second-order valence-electron chi connectivity index (χ2n) is 12.9. The van der Waals surface area contributed by atoms with Crippen molar-refractivity contribution < 1.29 is 24.1 Å². The zero-order valence-electron chi connectivity index (χ0n) is 24.2. The Morgan fingerprint density at radius 3 is 2.23 bits per heavy atom. The van der Waals surface area contributed by atoms with Gasteiger partial charge in [-0.1, -0.05) is 48.2 Å². The molecule has 4 saturated carbocycles. The first kappa shape index (κ1) is 28.6. The van der Waals surface area contributed by atoms with Crippen LogP contribution in [0.2, 0.25) is 0 Å². The van der Waals surface area contributed by atoms with E-state index in [1.165, 1.54) is 37.2 Å². The Morgan fingerprint density at radius 2 is 1.58 bits per heavy atom. The number of nitrogens with zero attached hydrogens (tertiary/aromatic N) is 1. The van der Waals surface area contributed by atoms with Crippen LogP contribution in [0.4, 0.5) is 10.5 Å². The molecule has 1 aliphatic heterocycles. The van der Waals surface area contributed by atoms with Crippen LogP contribution in [0.1, 0.15) is 74.0 Å². The average molecular weight is 602 g/mol. The zero-order valence-corrected chi connectivity index (χ0v) is 25.0. The summed E-state index contributed by atoms with van der Waals surface area (Å²) in [6.45, 7) is -0.00990. The Balaban J connectivity index is 1.02. The molecule has 0 radical (unpaired) electrons. The van der Waals surface area contributed by atoms with E-state index >= 15 is 0 Å². The lowest BCUT2D eigenvalue weighted by molar-refractivity contribution is -0.645. The van der Waals surface area contributed by atoms with Crippen LogP contribution in [-0.2, 0) is 16.1 Å². The van der Waals surface area contributed by atoms with Crippen molar-refractivity contribution in [2.24, 2.45) is 17.8 Å². The van der Waals surface area contributed by atoms with Gasteiger partial charge < -0.3 is 30.4 Å². The molecule has 8 rings (SSSR count). The van der Waals surface area contributed by atoms with Gasteiger partial charge in [-0.3, -0.25) is 0 Å². The first-order chi connectivity index (χ1) is 20.9. The van der Waals surface area contributed by atoms with Crippen molar-refractivity contribution in [1.29, 1.82) is 0 Å². The van der Waals surface area contributed by atoms with Crippen LogP contribution in [-0.4, -0.2) is 28.5 Å². The highest BCUT2D eigenvalue weighted by Crippen LogP contribution is 2.55. The summed E-state index contributed by atoms with van der Waals surface area (Å²) < 4.78 is 13.7. The van der Waals surface area contributed by atoms with Gasteiger partial charge in [0.1, 0.15) is 0 Å². The molecule has 2 aromatic carbocycles. The number of anilines is 1. The van der Waals surface area contributed by atoms with E-state index in [0.29, 0.717) is 17.2 Å². The maximum Gasteiger partial charge on any atom is 0.319 e. The van der Waals surface area contributed by atoms with E-state index in [1.54, 1.807) is 6.07 Å². The van der Waals surface area contributed by atoms with E-state index in [1.807, 2.05) is 60.7 Å². The van der Waals surface area contributed by atoms with Crippen LogP contribution in [0.5, 0.6) is 0 Å². The fourth-order valence-electron chi connectivity index (χ4n) is 8.12. The minimum absolute atomic E-state index is 0.00990. The number of aromatic nitrogens is 1. The minimum Gasteiger partial charge on any atom is -0.618 e. The van der Waals surface area contributed by atoms with Crippen molar-refractivity contribution >= 4 is 23.5 Å². The highest BCUT2D eigenvalue weighted by Gasteiger charge is 2.51. The number of rotatable bonds is 8. The fourth-order valence-corrected chi connectivity index (χ4v) is 9.05. The summed E-state index contributed by atoms with van der Waals surface area (Å²) in [6.07, 6.45) is 8.53. The van der Waals surface area contributed by atoms with Gasteiger partial charge in [-0.05, 0) is 85.6 Å². The molecular formula is C34H39N3O5S. The van der Waals surface area contributed by atoms with Gasteiger partial charge in [0.05, 0.1) is 18.8 Å². The monoisotopic (exact) mass is 601 g/mol. The molecule has 0 spiro atoms. The van der Waals surface area contributed by atoms with Gasteiger partial charge in [-0.2, -0.15) is 4.73 Å². The Kier molecular flexibility index (Phi) is 8.07. The Morgan fingerprint density at radius 1 is 0.907 bits per heavy atom. The van der Waals surface area contributed by atoms with Gasteiger partial charge in [-0.25, -0.2) is 4.79 Å². The molecule has 9 heteroatoms. The molecule has 2 heterocycles. The highest BCUT2D eigenvalue weighted by molar-refractivity contribution is 7.99. The summed E-state index contributed by atoms with van der Waals surface area (Å²) in [5, 5.41) is 28.7. The number of carbonyl (C=O) groups is 1. The molecule has 4 bridgehead atoms. The number of ether oxygens (including phenoxy) is 2. The lowest BCUT2D eigenvalue weighted by Crippen LogP contribution is -2.60. The summed E-state index contributed by atoms with van der Waals surface area (Å²) in [4.78, 5) is 13.1. The number of aliphatic hydroxyl groups excluding tert-OH is 1. The van der Waals surface area contributed by atoms with Crippen molar-refractivity contribution in [3.05, 3.63) is 94.8 Å². The molecule has 3 N–H and O–H groups in total. The molecule has 5 fully saturated rings. The van der Waals surface area contributed by atoms with E-state index in [4.69, 9.17) is 9.47 Å². The Bertz CT molecular complexity index is 1400. The van der Waals surface area contributed by atoms with Gasteiger partial charge in [0.2, 0.25) is 0 Å². The van der Waals surface area contributed by atoms with Gasteiger partial charge in [0, 0.05) is 41.1 Å². The molecule has 0 unspecified atom stereocenters. The number of carbonyl (C=O) groups excluding carboxylic acids is 1. The summed E-state index contributed by atoms with van der Waals surface area (Å²) in [7, 11) is 0. The molecule has 4 aliphatic carbocycles. The standard InChI is InChI=1S/C34H39N3O5S/c38-20-22-4-6-26(7-5-22)30-16-29(21-43-31-3-1-2-12-37(31)40)41-32(42-30)27-8-10-28(11-9-27)35-33(39)36-34-17-23-13-24(18-34)15-25(14-23)19-34/h1-12,23-25,29-30,32,38H,13-21H2,(H2,35,36,39)/t23?,24?,25?,29-,30+,32+,34?/m1/s1. The molecule has 2 amide bonds. The molecular weight excluding hydrogens is 562 g/mol. The third-order valence-electron chi connectivity index (χ3n) is 9.68. The smallest absolute Gasteiger partial charge is 0.319 e. The van der Waals surface area contributed by atoms with Crippen LogP contribution >= 0.6 is 11.8 Å². The van der Waals surface area contributed by atoms with Gasteiger partial charge >= 0.3 is 6.03 Å². The maximum absolute atomic E-state index is 13.1. The first-order valence-electron chi connectivity index (χ1n) is 15.4. The number of pyridine rings is 1. The fraction of sp³-hybridized carbons (Fsp3) is 0.471. The predicted molar refractivity (Wildman–Crippen MR) is 164 cm³/mol. The highest BCUT2D eigenvalue weighted by atomic mass is 32.2. The van der Waals surface area contributed by atoms with E-state index in [0.717, 1.165) is 64.1 Å². The number of amides is 2. The average Bonchev–Trinajstić information content (AvgIpc) is 3.00. The van der Waals surface area contributed by atoms with Gasteiger partial charge in [0.15, 0.2) is 12.5 Å². The van der Waals surface area contributed by atoms with Crippen LogP contribution < -0.4 is 15.4 Å². The van der Waals surface area contributed by atoms with Crippen LogP contribution in [0.25, 0.3) is 0 Å². The van der Waals surface area contributed by atoms with Crippen LogP contribution in [0, 0.1) is 23.0 Å². The molecule has 226 valence electrons. The lowest BCUT2D eigenvalue weighted by Gasteiger charge is -2.56. The molecule has 3 aromatic rings. The maximum atomic E-state index is 13.1. The molecule has 8 nitrogen and oxygen atoms in total. The second-order valence-corrected chi connectivity index (χ2v) is 14.0. The third kappa shape index (κ3) is 6.41. The second kappa shape index (κ2) is 12.1. The lowest BCUT2D eigenvalue weighted by atomic mass is 9.53. The topological polar surface area (TPSA) is 107 Å². The zero-order chi connectivity index (χ0) is 29.4. The Hall–Kier alpha value is -3.11. The van der Waals surface area contributed by atoms with Crippen molar-refractivity contribution in [3.63, 3.8) is 0 Å². The summed E-state index contributed by atoms with van der Waals surface area (Å²) in [6, 6.07) is 20.7. The largest absolute Gasteiger partial charge is 0.618 e. The van der Waals surface area contributed by atoms with Crippen molar-refractivity contribution in [2.45, 2.75) is 80.6 Å². The molecule has 1 saturated heterocycles. The van der Waals surface area contributed by atoms with Gasteiger partial charge in [0.25, 0.3) is 5.03 Å². The van der Waals surface area contributed by atoms with E-state index in [9.17, 15) is 15.1 Å². The van der Waals surface area contributed by atoms with Crippen molar-refractivity contribution in [3.8, 4) is 0 Å². The van der Waals surface area contributed by atoms with Crippen molar-refractivity contribution in [2.75, 3.05) is 11.1 Å². The minimum atomic E-state index is -0.605. The van der Waals surface area contributed by atoms with E-state index in [2.05, 4.69) is 10.6 Å². The summed E-state index contributed by atoms with van der Waals surface area (Å²) >= 11 is 1.47. The predicted octanol–water partition coefficient (Wildman–Crippen LogP) is 6.24. The molecule has 5 aliphatic rings. The third-order valence-corrected chi connectivity index (χ3v) is 10.8.